The van der Waals surface area contributed by atoms with Gasteiger partial charge in [-0.2, -0.15) is 0 Å². The predicted octanol–water partition coefficient (Wildman–Crippen LogP) is 3.60. The van der Waals surface area contributed by atoms with Gasteiger partial charge in [0.25, 0.3) is 6.43 Å². The number of hydrogen-bond donors (Lipinski definition) is 0. The lowest BCUT2D eigenvalue weighted by Gasteiger charge is -2.17. The van der Waals surface area contributed by atoms with E-state index in [9.17, 15) is 26.7 Å². The zero-order chi connectivity index (χ0) is 15.5. The first-order valence-corrected chi connectivity index (χ1v) is 6.03. The lowest BCUT2D eigenvalue weighted by molar-refractivity contribution is -0.275. The van der Waals surface area contributed by atoms with Crippen molar-refractivity contribution in [1.82, 2.24) is 4.98 Å². The van der Waals surface area contributed by atoms with Gasteiger partial charge >= 0.3 is 12.3 Å². The number of hydrogen-bond acceptors (Lipinski definition) is 4. The molecule has 0 atom stereocenters. The average Bonchev–Trinajstić information content (AvgIpc) is 2.34. The van der Waals surface area contributed by atoms with Crippen molar-refractivity contribution in [2.24, 2.45) is 0 Å². The highest BCUT2D eigenvalue weighted by atomic mass is 79.9. The third kappa shape index (κ3) is 3.78. The highest BCUT2D eigenvalue weighted by Crippen LogP contribution is 2.37. The summed E-state index contributed by atoms with van der Waals surface area (Å²) in [6, 6.07) is 0. The van der Waals surface area contributed by atoms with Gasteiger partial charge in [0.15, 0.2) is 5.75 Å². The molecule has 1 heterocycles. The van der Waals surface area contributed by atoms with Crippen molar-refractivity contribution in [3.8, 4) is 5.75 Å². The van der Waals surface area contributed by atoms with Crippen LogP contribution in [-0.2, 0) is 10.1 Å². The highest BCUT2D eigenvalue weighted by molar-refractivity contribution is 9.08. The molecular formula is C10H7BrF5NO3. The van der Waals surface area contributed by atoms with E-state index in [4.69, 9.17) is 0 Å². The Bertz CT molecular complexity index is 506. The third-order valence-corrected chi connectivity index (χ3v) is 2.69. The number of nitrogens with zero attached hydrogens (tertiary/aromatic N) is 1. The maximum atomic E-state index is 12.7. The van der Waals surface area contributed by atoms with Crippen molar-refractivity contribution in [2.75, 3.05) is 7.11 Å². The van der Waals surface area contributed by atoms with Gasteiger partial charge < -0.3 is 9.47 Å². The summed E-state index contributed by atoms with van der Waals surface area (Å²) in [5.74, 6) is -2.22. The van der Waals surface area contributed by atoms with Gasteiger partial charge in [0.1, 0.15) is 5.69 Å². The van der Waals surface area contributed by atoms with Crippen LogP contribution in [-0.4, -0.2) is 24.4 Å². The van der Waals surface area contributed by atoms with Crippen LogP contribution in [0.15, 0.2) is 6.20 Å². The molecule has 1 rings (SSSR count). The maximum absolute atomic E-state index is 12.7. The van der Waals surface area contributed by atoms with Crippen LogP contribution in [0.2, 0.25) is 0 Å². The van der Waals surface area contributed by atoms with Gasteiger partial charge in [0.2, 0.25) is 0 Å². The fraction of sp³-hybridized carbons (Fsp3) is 0.400. The van der Waals surface area contributed by atoms with Crippen molar-refractivity contribution >= 4 is 21.9 Å². The van der Waals surface area contributed by atoms with Crippen molar-refractivity contribution in [3.05, 3.63) is 23.0 Å². The first kappa shape index (κ1) is 16.6. The van der Waals surface area contributed by atoms with E-state index in [2.05, 4.69) is 30.4 Å². The summed E-state index contributed by atoms with van der Waals surface area (Å²) in [5, 5.41) is -0.328. The van der Waals surface area contributed by atoms with E-state index < -0.39 is 41.3 Å². The minimum absolute atomic E-state index is 0.328. The molecule has 0 aliphatic heterocycles. The zero-order valence-electron chi connectivity index (χ0n) is 9.80. The number of esters is 1. The molecule has 0 aromatic carbocycles. The Labute approximate surface area is 118 Å². The molecular weight excluding hydrogens is 357 g/mol. The van der Waals surface area contributed by atoms with Crippen LogP contribution >= 0.6 is 15.9 Å². The Hall–Kier alpha value is -1.45. The summed E-state index contributed by atoms with van der Waals surface area (Å²) < 4.78 is 70.2. The van der Waals surface area contributed by atoms with Gasteiger partial charge in [0.05, 0.1) is 12.7 Å². The number of halogens is 6. The molecule has 0 spiro atoms. The van der Waals surface area contributed by atoms with Crippen LogP contribution in [0.4, 0.5) is 22.0 Å². The van der Waals surface area contributed by atoms with Crippen LogP contribution in [0, 0.1) is 0 Å². The molecule has 0 unspecified atom stereocenters. The van der Waals surface area contributed by atoms with Gasteiger partial charge in [-0.3, -0.25) is 4.98 Å². The van der Waals surface area contributed by atoms with E-state index in [1.54, 1.807) is 0 Å². The van der Waals surface area contributed by atoms with Crippen molar-refractivity contribution < 1.29 is 36.2 Å². The van der Waals surface area contributed by atoms with Gasteiger partial charge in [-0.05, 0) is 0 Å². The molecule has 0 N–H and O–H groups in total. The average molecular weight is 364 g/mol. The molecule has 20 heavy (non-hydrogen) atoms. The molecule has 1 aromatic heterocycles. The second-order valence-corrected chi connectivity index (χ2v) is 3.90. The van der Waals surface area contributed by atoms with Crippen molar-refractivity contribution in [1.29, 1.82) is 0 Å². The second kappa shape index (κ2) is 6.33. The summed E-state index contributed by atoms with van der Waals surface area (Å²) >= 11 is 2.82. The third-order valence-electron chi connectivity index (χ3n) is 2.13. The Morgan fingerprint density at radius 3 is 2.45 bits per heavy atom. The standard InChI is InChI=1S/C10H7BrF5NO3/c1-19-9(18)5-3-17-6(8(12)13)7(4(5)2-11)20-10(14,15)16/h3,8H,2H2,1H3. The molecule has 0 aliphatic carbocycles. The number of rotatable bonds is 4. The molecule has 0 saturated carbocycles. The van der Waals surface area contributed by atoms with Crippen molar-refractivity contribution in [2.45, 2.75) is 18.1 Å². The summed E-state index contributed by atoms with van der Waals surface area (Å²) in [4.78, 5) is 14.5. The lowest BCUT2D eigenvalue weighted by Crippen LogP contribution is -2.21. The molecule has 10 heteroatoms. The fourth-order valence-electron chi connectivity index (χ4n) is 1.35. The SMILES string of the molecule is COC(=O)c1cnc(C(F)F)c(OC(F)(F)F)c1CBr. The van der Waals surface area contributed by atoms with E-state index in [0.29, 0.717) is 6.20 Å². The van der Waals surface area contributed by atoms with Gasteiger partial charge in [-0.15, -0.1) is 13.2 Å². The molecule has 0 saturated heterocycles. The predicted molar refractivity (Wildman–Crippen MR) is 59.8 cm³/mol. The summed E-state index contributed by atoms with van der Waals surface area (Å²) in [6.45, 7) is 0. The van der Waals surface area contributed by atoms with Crippen LogP contribution in [0.1, 0.15) is 28.0 Å². The van der Waals surface area contributed by atoms with Crippen LogP contribution in [0.3, 0.4) is 0 Å². The van der Waals surface area contributed by atoms with Crippen molar-refractivity contribution in [3.63, 3.8) is 0 Å². The normalized spacial score (nSPS) is 11.6. The smallest absolute Gasteiger partial charge is 0.465 e. The van der Waals surface area contributed by atoms with E-state index in [-0.39, 0.29) is 5.33 Å². The number of ether oxygens (including phenoxy) is 2. The van der Waals surface area contributed by atoms with Crippen LogP contribution < -0.4 is 4.74 Å². The minimum atomic E-state index is -5.20. The summed E-state index contributed by atoms with van der Waals surface area (Å²) in [7, 11) is 0.992. The lowest BCUT2D eigenvalue weighted by atomic mass is 10.1. The number of alkyl halides is 6. The zero-order valence-corrected chi connectivity index (χ0v) is 11.4. The van der Waals surface area contributed by atoms with Gasteiger partial charge in [-0.1, -0.05) is 15.9 Å². The Kier molecular flexibility index (Phi) is 5.26. The molecule has 0 aliphatic rings. The van der Waals surface area contributed by atoms with Gasteiger partial charge in [0, 0.05) is 17.1 Å². The monoisotopic (exact) mass is 363 g/mol. The Morgan fingerprint density at radius 1 is 1.45 bits per heavy atom. The van der Waals surface area contributed by atoms with Crippen LogP contribution in [0.25, 0.3) is 0 Å². The summed E-state index contributed by atoms with van der Waals surface area (Å²) in [5.41, 5.74) is -2.02. The Morgan fingerprint density at radius 2 is 2.05 bits per heavy atom. The van der Waals surface area contributed by atoms with E-state index in [0.717, 1.165) is 7.11 Å². The maximum Gasteiger partial charge on any atom is 0.573 e. The minimum Gasteiger partial charge on any atom is -0.465 e. The number of aromatic nitrogens is 1. The Balaban J connectivity index is 3.50. The second-order valence-electron chi connectivity index (χ2n) is 3.34. The quantitative estimate of drug-likeness (QED) is 0.466. The number of carbonyl (C=O) groups excluding carboxylic acids is 1. The number of carbonyl (C=O) groups is 1. The number of methoxy groups -OCH3 is 1. The molecule has 0 fully saturated rings. The molecule has 0 radical (unpaired) electrons. The molecule has 112 valence electrons. The first-order chi connectivity index (χ1) is 9.21. The molecule has 4 nitrogen and oxygen atoms in total. The van der Waals surface area contributed by atoms with E-state index >= 15 is 0 Å². The number of pyridine rings is 1. The molecule has 1 aromatic rings. The van der Waals surface area contributed by atoms with Crippen LogP contribution in [0.5, 0.6) is 5.75 Å². The van der Waals surface area contributed by atoms with E-state index in [1.807, 2.05) is 0 Å². The largest absolute Gasteiger partial charge is 0.573 e. The highest BCUT2D eigenvalue weighted by Gasteiger charge is 2.36. The topological polar surface area (TPSA) is 48.4 Å². The van der Waals surface area contributed by atoms with Gasteiger partial charge in [-0.25, -0.2) is 13.6 Å². The first-order valence-electron chi connectivity index (χ1n) is 4.91. The van der Waals surface area contributed by atoms with E-state index in [1.165, 1.54) is 0 Å². The fourth-order valence-corrected chi connectivity index (χ4v) is 1.91. The molecule has 0 bridgehead atoms. The molecule has 0 amide bonds. The summed E-state index contributed by atoms with van der Waals surface area (Å²) in [6.07, 6.45) is -7.78.